The molecule has 1 fully saturated rings. The molecule has 0 bridgehead atoms. The van der Waals surface area contributed by atoms with Crippen molar-refractivity contribution >= 4 is 17.8 Å². The highest BCUT2D eigenvalue weighted by molar-refractivity contribution is 5.95. The van der Waals surface area contributed by atoms with Crippen LogP contribution >= 0.6 is 0 Å². The van der Waals surface area contributed by atoms with Gasteiger partial charge in [0, 0.05) is 25.8 Å². The monoisotopic (exact) mass is 365 g/mol. The van der Waals surface area contributed by atoms with E-state index in [0.29, 0.717) is 18.7 Å². The molecule has 9 heteroatoms. The molecule has 0 radical (unpaired) electrons. The molecular weight excluding hydrogens is 351 g/mol. The zero-order valence-corrected chi connectivity index (χ0v) is 13.4. The molecule has 3 rings (SSSR count). The fraction of sp³-hybridized carbons (Fsp3) is 0.235. The van der Waals surface area contributed by atoms with Crippen LogP contribution in [-0.4, -0.2) is 40.1 Å². The lowest BCUT2D eigenvalue weighted by molar-refractivity contribution is -0.137. The van der Waals surface area contributed by atoms with Gasteiger partial charge in [-0.1, -0.05) is 12.1 Å². The van der Waals surface area contributed by atoms with Gasteiger partial charge in [-0.3, -0.25) is 4.90 Å². The third-order valence-electron chi connectivity index (χ3n) is 4.02. The smallest absolute Gasteiger partial charge is 0.416 e. The molecule has 1 N–H and O–H groups in total. The standard InChI is InChI=1S/C17H14F3N3O3/c18-17(19,20)13-3-1-11(2-4-13)10-22-7-8-23(16(22)26)14-9-12(15(24)25)5-6-21-14/h1-6,9H,7-8,10H2,(H,24,25). The van der Waals surface area contributed by atoms with Gasteiger partial charge >= 0.3 is 18.2 Å². The number of hydrogen-bond acceptors (Lipinski definition) is 3. The summed E-state index contributed by atoms with van der Waals surface area (Å²) in [7, 11) is 0. The largest absolute Gasteiger partial charge is 0.478 e. The molecule has 1 aliphatic heterocycles. The van der Waals surface area contributed by atoms with Crippen molar-refractivity contribution in [3.05, 3.63) is 59.3 Å². The molecule has 1 aromatic carbocycles. The maximum Gasteiger partial charge on any atom is 0.416 e. The number of hydrogen-bond donors (Lipinski definition) is 1. The number of benzene rings is 1. The average Bonchev–Trinajstić information content (AvgIpc) is 2.95. The molecule has 0 saturated carbocycles. The number of urea groups is 1. The summed E-state index contributed by atoms with van der Waals surface area (Å²) in [6.07, 6.45) is -3.09. The van der Waals surface area contributed by atoms with Crippen LogP contribution < -0.4 is 4.90 Å². The topological polar surface area (TPSA) is 73.7 Å². The minimum atomic E-state index is -4.40. The summed E-state index contributed by atoms with van der Waals surface area (Å²) >= 11 is 0. The van der Waals surface area contributed by atoms with Crippen LogP contribution in [0.4, 0.5) is 23.8 Å². The van der Waals surface area contributed by atoms with E-state index in [1.165, 1.54) is 40.3 Å². The summed E-state index contributed by atoms with van der Waals surface area (Å²) in [6, 6.07) is 6.88. The SMILES string of the molecule is O=C(O)c1ccnc(N2CCN(Cc3ccc(C(F)(F)F)cc3)C2=O)c1. The number of pyridine rings is 1. The summed E-state index contributed by atoms with van der Waals surface area (Å²) in [5.74, 6) is -0.897. The lowest BCUT2D eigenvalue weighted by Crippen LogP contribution is -2.32. The van der Waals surface area contributed by atoms with Crippen LogP contribution in [0, 0.1) is 0 Å². The normalized spacial score (nSPS) is 14.8. The van der Waals surface area contributed by atoms with Crippen molar-refractivity contribution in [2.24, 2.45) is 0 Å². The Kier molecular flexibility index (Phi) is 4.54. The van der Waals surface area contributed by atoms with E-state index in [-0.39, 0.29) is 24.0 Å². The molecule has 1 aliphatic rings. The van der Waals surface area contributed by atoms with Gasteiger partial charge in [-0.15, -0.1) is 0 Å². The average molecular weight is 365 g/mol. The number of carbonyl (C=O) groups excluding carboxylic acids is 1. The Morgan fingerprint density at radius 3 is 2.46 bits per heavy atom. The molecule has 1 saturated heterocycles. The summed E-state index contributed by atoms with van der Waals surface area (Å²) < 4.78 is 37.8. The van der Waals surface area contributed by atoms with Crippen molar-refractivity contribution in [3.63, 3.8) is 0 Å². The Bertz CT molecular complexity index is 837. The van der Waals surface area contributed by atoms with Crippen LogP contribution in [0.3, 0.4) is 0 Å². The molecule has 0 unspecified atom stereocenters. The number of carboxylic acid groups (broad SMARTS) is 1. The first-order valence-electron chi connectivity index (χ1n) is 7.67. The van der Waals surface area contributed by atoms with E-state index in [0.717, 1.165) is 12.1 Å². The van der Waals surface area contributed by atoms with E-state index in [1.807, 2.05) is 0 Å². The maximum atomic E-state index is 12.6. The number of carbonyl (C=O) groups is 2. The Morgan fingerprint density at radius 2 is 1.85 bits per heavy atom. The number of aromatic nitrogens is 1. The predicted octanol–water partition coefficient (Wildman–Crippen LogP) is 3.24. The van der Waals surface area contributed by atoms with Crippen molar-refractivity contribution in [2.75, 3.05) is 18.0 Å². The van der Waals surface area contributed by atoms with Crippen LogP contribution in [0.25, 0.3) is 0 Å². The number of rotatable bonds is 4. The lowest BCUT2D eigenvalue weighted by atomic mass is 10.1. The molecule has 0 atom stereocenters. The van der Waals surface area contributed by atoms with E-state index < -0.39 is 17.7 Å². The van der Waals surface area contributed by atoms with Crippen molar-refractivity contribution in [2.45, 2.75) is 12.7 Å². The highest BCUT2D eigenvalue weighted by Crippen LogP contribution is 2.29. The van der Waals surface area contributed by atoms with Gasteiger partial charge in [-0.2, -0.15) is 13.2 Å². The molecule has 0 spiro atoms. The van der Waals surface area contributed by atoms with Crippen LogP contribution in [0.2, 0.25) is 0 Å². The third-order valence-corrected chi connectivity index (χ3v) is 4.02. The molecule has 0 aliphatic carbocycles. The van der Waals surface area contributed by atoms with Crippen LogP contribution in [0.15, 0.2) is 42.6 Å². The summed E-state index contributed by atoms with van der Waals surface area (Å²) in [4.78, 5) is 30.4. The first-order valence-corrected chi connectivity index (χ1v) is 7.67. The Hall–Kier alpha value is -3.10. The van der Waals surface area contributed by atoms with Gasteiger partial charge in [0.05, 0.1) is 11.1 Å². The minimum absolute atomic E-state index is 0.0176. The minimum Gasteiger partial charge on any atom is -0.478 e. The Balaban J connectivity index is 1.71. The quantitative estimate of drug-likeness (QED) is 0.903. The second kappa shape index (κ2) is 6.66. The first-order chi connectivity index (χ1) is 12.3. The molecule has 2 heterocycles. The second-order valence-electron chi connectivity index (χ2n) is 5.76. The van der Waals surface area contributed by atoms with Crippen molar-refractivity contribution in [1.82, 2.24) is 9.88 Å². The lowest BCUT2D eigenvalue weighted by Gasteiger charge is -2.18. The predicted molar refractivity (Wildman–Crippen MR) is 85.8 cm³/mol. The van der Waals surface area contributed by atoms with Crippen LogP contribution in [0.5, 0.6) is 0 Å². The van der Waals surface area contributed by atoms with Gasteiger partial charge in [0.2, 0.25) is 0 Å². The fourth-order valence-electron chi connectivity index (χ4n) is 2.66. The zero-order valence-electron chi connectivity index (χ0n) is 13.4. The van der Waals surface area contributed by atoms with Gasteiger partial charge < -0.3 is 10.0 Å². The second-order valence-corrected chi connectivity index (χ2v) is 5.76. The van der Waals surface area contributed by atoms with Crippen molar-refractivity contribution in [3.8, 4) is 0 Å². The first kappa shape index (κ1) is 17.7. The van der Waals surface area contributed by atoms with Crippen molar-refractivity contribution < 1.29 is 27.9 Å². The molecule has 2 aromatic rings. The van der Waals surface area contributed by atoms with Gasteiger partial charge in [-0.25, -0.2) is 14.6 Å². The molecule has 6 nitrogen and oxygen atoms in total. The summed E-state index contributed by atoms with van der Waals surface area (Å²) in [6.45, 7) is 0.834. The van der Waals surface area contributed by atoms with E-state index in [1.54, 1.807) is 0 Å². The van der Waals surface area contributed by atoms with Crippen LogP contribution in [-0.2, 0) is 12.7 Å². The van der Waals surface area contributed by atoms with Crippen molar-refractivity contribution in [1.29, 1.82) is 0 Å². The van der Waals surface area contributed by atoms with E-state index in [4.69, 9.17) is 5.11 Å². The number of aromatic carboxylic acids is 1. The van der Waals surface area contributed by atoms with Crippen LogP contribution in [0.1, 0.15) is 21.5 Å². The fourth-order valence-corrected chi connectivity index (χ4v) is 2.66. The maximum absolute atomic E-state index is 12.6. The highest BCUT2D eigenvalue weighted by atomic mass is 19.4. The zero-order chi connectivity index (χ0) is 18.9. The van der Waals surface area contributed by atoms with E-state index in [2.05, 4.69) is 4.98 Å². The number of alkyl halides is 3. The molecule has 1 aromatic heterocycles. The van der Waals surface area contributed by atoms with Gasteiger partial charge in [0.1, 0.15) is 5.82 Å². The number of nitrogens with zero attached hydrogens (tertiary/aromatic N) is 3. The third kappa shape index (κ3) is 3.61. The van der Waals surface area contributed by atoms with E-state index in [9.17, 15) is 22.8 Å². The highest BCUT2D eigenvalue weighted by Gasteiger charge is 2.32. The van der Waals surface area contributed by atoms with E-state index >= 15 is 0 Å². The number of anilines is 1. The Morgan fingerprint density at radius 1 is 1.15 bits per heavy atom. The van der Waals surface area contributed by atoms with Gasteiger partial charge in [-0.05, 0) is 29.8 Å². The Labute approximate surface area is 146 Å². The molecule has 136 valence electrons. The molecular formula is C17H14F3N3O3. The summed E-state index contributed by atoms with van der Waals surface area (Å²) in [5.41, 5.74) is -0.158. The molecule has 26 heavy (non-hydrogen) atoms. The number of amides is 2. The molecule has 2 amide bonds. The van der Waals surface area contributed by atoms with Gasteiger partial charge in [0.15, 0.2) is 0 Å². The summed E-state index contributed by atoms with van der Waals surface area (Å²) in [5, 5.41) is 9.02. The number of halogens is 3. The number of carboxylic acids is 1. The van der Waals surface area contributed by atoms with Gasteiger partial charge in [0.25, 0.3) is 0 Å².